The van der Waals surface area contributed by atoms with E-state index in [1.54, 1.807) is 4.90 Å². The van der Waals surface area contributed by atoms with Crippen molar-refractivity contribution in [2.24, 2.45) is 5.92 Å². The maximum Gasteiger partial charge on any atom is 0.245 e. The first-order valence-corrected chi connectivity index (χ1v) is 9.61. The SMILES string of the molecule is CC(C)C(=O)N1CCC[C@@H]1C(=O)N1CC(n2cc(-c3ccccc3)nn2)C1. The van der Waals surface area contributed by atoms with Crippen LogP contribution in [0.2, 0.25) is 0 Å². The quantitative estimate of drug-likeness (QED) is 0.828. The van der Waals surface area contributed by atoms with Gasteiger partial charge in [-0.2, -0.15) is 0 Å². The summed E-state index contributed by atoms with van der Waals surface area (Å²) in [6.45, 7) is 5.70. The van der Waals surface area contributed by atoms with Crippen LogP contribution in [0.4, 0.5) is 0 Å². The van der Waals surface area contributed by atoms with E-state index in [1.165, 1.54) is 0 Å². The molecule has 2 fully saturated rings. The highest BCUT2D eigenvalue weighted by Gasteiger charge is 2.41. The van der Waals surface area contributed by atoms with Crippen molar-refractivity contribution in [2.75, 3.05) is 19.6 Å². The third-order valence-electron chi connectivity index (χ3n) is 5.44. The topological polar surface area (TPSA) is 71.3 Å². The van der Waals surface area contributed by atoms with Crippen molar-refractivity contribution >= 4 is 11.8 Å². The van der Waals surface area contributed by atoms with Crippen LogP contribution in [0.5, 0.6) is 0 Å². The summed E-state index contributed by atoms with van der Waals surface area (Å²) >= 11 is 0. The predicted octanol–water partition coefficient (Wildman–Crippen LogP) is 1.98. The number of benzene rings is 1. The number of hydrogen-bond acceptors (Lipinski definition) is 4. The Labute approximate surface area is 158 Å². The molecule has 2 aromatic rings. The van der Waals surface area contributed by atoms with Crippen LogP contribution in [0.15, 0.2) is 36.5 Å². The van der Waals surface area contributed by atoms with Crippen LogP contribution in [0.1, 0.15) is 32.7 Å². The Morgan fingerprint density at radius 3 is 2.59 bits per heavy atom. The van der Waals surface area contributed by atoms with Crippen LogP contribution in [0.25, 0.3) is 11.3 Å². The monoisotopic (exact) mass is 367 g/mol. The number of nitrogens with zero attached hydrogens (tertiary/aromatic N) is 5. The van der Waals surface area contributed by atoms with Crippen molar-refractivity contribution < 1.29 is 9.59 Å². The Balaban J connectivity index is 1.37. The van der Waals surface area contributed by atoms with E-state index in [4.69, 9.17) is 0 Å². The molecule has 0 unspecified atom stereocenters. The number of aromatic nitrogens is 3. The molecule has 142 valence electrons. The molecule has 2 saturated heterocycles. The van der Waals surface area contributed by atoms with Gasteiger partial charge < -0.3 is 9.80 Å². The van der Waals surface area contributed by atoms with Gasteiger partial charge in [-0.05, 0) is 12.8 Å². The van der Waals surface area contributed by atoms with Crippen molar-refractivity contribution in [3.05, 3.63) is 36.5 Å². The minimum Gasteiger partial charge on any atom is -0.336 e. The first-order valence-electron chi connectivity index (χ1n) is 9.61. The second kappa shape index (κ2) is 7.13. The predicted molar refractivity (Wildman–Crippen MR) is 101 cm³/mol. The van der Waals surface area contributed by atoms with Gasteiger partial charge in [0, 0.05) is 31.1 Å². The average Bonchev–Trinajstić information content (AvgIpc) is 3.30. The zero-order chi connectivity index (χ0) is 19.0. The summed E-state index contributed by atoms with van der Waals surface area (Å²) in [6, 6.07) is 9.79. The molecule has 0 saturated carbocycles. The number of rotatable bonds is 4. The van der Waals surface area contributed by atoms with Gasteiger partial charge in [0.25, 0.3) is 0 Å². The Kier molecular flexibility index (Phi) is 4.68. The van der Waals surface area contributed by atoms with Crippen LogP contribution in [0, 0.1) is 5.92 Å². The average molecular weight is 367 g/mol. The minimum absolute atomic E-state index is 0.0705. The van der Waals surface area contributed by atoms with E-state index in [1.807, 2.05) is 60.0 Å². The highest BCUT2D eigenvalue weighted by atomic mass is 16.2. The molecule has 7 nitrogen and oxygen atoms in total. The Bertz CT molecular complexity index is 826. The van der Waals surface area contributed by atoms with E-state index >= 15 is 0 Å². The van der Waals surface area contributed by atoms with E-state index in [-0.39, 0.29) is 29.8 Å². The van der Waals surface area contributed by atoms with Crippen LogP contribution in [0.3, 0.4) is 0 Å². The number of amides is 2. The highest BCUT2D eigenvalue weighted by Crippen LogP contribution is 2.28. The summed E-state index contributed by atoms with van der Waals surface area (Å²) in [4.78, 5) is 28.8. The van der Waals surface area contributed by atoms with Gasteiger partial charge in [0.1, 0.15) is 11.7 Å². The van der Waals surface area contributed by atoms with Gasteiger partial charge in [-0.15, -0.1) is 5.10 Å². The second-order valence-corrected chi connectivity index (χ2v) is 7.69. The molecule has 0 spiro atoms. The Morgan fingerprint density at radius 1 is 1.15 bits per heavy atom. The summed E-state index contributed by atoms with van der Waals surface area (Å²) < 4.78 is 1.85. The van der Waals surface area contributed by atoms with Crippen LogP contribution in [-0.2, 0) is 9.59 Å². The maximum atomic E-state index is 12.9. The Hall–Kier alpha value is -2.70. The second-order valence-electron chi connectivity index (χ2n) is 7.69. The van der Waals surface area contributed by atoms with Crippen molar-refractivity contribution in [2.45, 2.75) is 38.8 Å². The van der Waals surface area contributed by atoms with Gasteiger partial charge in [0.15, 0.2) is 0 Å². The molecule has 2 aliphatic heterocycles. The van der Waals surface area contributed by atoms with Gasteiger partial charge in [-0.1, -0.05) is 49.4 Å². The molecule has 3 heterocycles. The molecule has 0 bridgehead atoms. The normalized spacial score (nSPS) is 20.2. The van der Waals surface area contributed by atoms with Gasteiger partial charge >= 0.3 is 0 Å². The zero-order valence-electron chi connectivity index (χ0n) is 15.8. The van der Waals surface area contributed by atoms with Crippen molar-refractivity contribution in [3.63, 3.8) is 0 Å². The van der Waals surface area contributed by atoms with Gasteiger partial charge in [-0.25, -0.2) is 4.68 Å². The van der Waals surface area contributed by atoms with E-state index in [0.29, 0.717) is 19.6 Å². The molecule has 27 heavy (non-hydrogen) atoms. The fourth-order valence-corrected chi connectivity index (χ4v) is 3.83. The maximum absolute atomic E-state index is 12.9. The zero-order valence-corrected chi connectivity index (χ0v) is 15.8. The minimum atomic E-state index is -0.295. The summed E-state index contributed by atoms with van der Waals surface area (Å²) in [5.74, 6) is 0.0712. The van der Waals surface area contributed by atoms with Crippen molar-refractivity contribution in [1.82, 2.24) is 24.8 Å². The lowest BCUT2D eigenvalue weighted by Gasteiger charge is -2.41. The lowest BCUT2D eigenvalue weighted by molar-refractivity contribution is -0.149. The van der Waals surface area contributed by atoms with Crippen LogP contribution < -0.4 is 0 Å². The lowest BCUT2D eigenvalue weighted by Crippen LogP contribution is -2.57. The standard InChI is InChI=1S/C20H25N5O2/c1-14(2)19(26)24-10-6-9-18(24)20(27)23-11-16(12-23)25-13-17(21-22-25)15-7-4-3-5-8-15/h3-5,7-8,13-14,16,18H,6,9-12H2,1-2H3/t18-/m1/s1. The molecule has 4 rings (SSSR count). The van der Waals surface area contributed by atoms with Gasteiger partial charge in [-0.3, -0.25) is 9.59 Å². The fourth-order valence-electron chi connectivity index (χ4n) is 3.83. The molecular formula is C20H25N5O2. The molecule has 0 N–H and O–H groups in total. The van der Waals surface area contributed by atoms with Gasteiger partial charge in [0.2, 0.25) is 11.8 Å². The summed E-state index contributed by atoms with van der Waals surface area (Å²) in [6.07, 6.45) is 3.60. The van der Waals surface area contributed by atoms with Crippen LogP contribution in [-0.4, -0.2) is 62.3 Å². The fraction of sp³-hybridized carbons (Fsp3) is 0.500. The molecule has 2 aliphatic rings. The third-order valence-corrected chi connectivity index (χ3v) is 5.44. The number of carbonyl (C=O) groups is 2. The van der Waals surface area contributed by atoms with E-state index in [0.717, 1.165) is 24.1 Å². The molecule has 2 amide bonds. The summed E-state index contributed by atoms with van der Waals surface area (Å²) in [5, 5.41) is 8.48. The molecule has 0 radical (unpaired) electrons. The summed E-state index contributed by atoms with van der Waals surface area (Å²) in [7, 11) is 0. The third kappa shape index (κ3) is 3.34. The number of hydrogen-bond donors (Lipinski definition) is 0. The molecule has 1 aromatic carbocycles. The van der Waals surface area contributed by atoms with E-state index in [2.05, 4.69) is 10.3 Å². The van der Waals surface area contributed by atoms with E-state index in [9.17, 15) is 9.59 Å². The highest BCUT2D eigenvalue weighted by molar-refractivity contribution is 5.89. The molecule has 1 atom stereocenters. The van der Waals surface area contributed by atoms with Crippen molar-refractivity contribution in [1.29, 1.82) is 0 Å². The van der Waals surface area contributed by atoms with Crippen molar-refractivity contribution in [3.8, 4) is 11.3 Å². The van der Waals surface area contributed by atoms with E-state index < -0.39 is 0 Å². The lowest BCUT2D eigenvalue weighted by atomic mass is 10.1. The van der Waals surface area contributed by atoms with Gasteiger partial charge in [0.05, 0.1) is 12.2 Å². The molecule has 7 heteroatoms. The van der Waals surface area contributed by atoms with Crippen LogP contribution >= 0.6 is 0 Å². The largest absolute Gasteiger partial charge is 0.336 e. The Morgan fingerprint density at radius 2 is 1.89 bits per heavy atom. The smallest absolute Gasteiger partial charge is 0.245 e. The first-order chi connectivity index (χ1) is 13.0. The molecular weight excluding hydrogens is 342 g/mol. The summed E-state index contributed by atoms with van der Waals surface area (Å²) in [5.41, 5.74) is 1.87. The number of likely N-dealkylation sites (tertiary alicyclic amines) is 2. The first kappa shape index (κ1) is 17.7. The molecule has 1 aromatic heterocycles. The number of carbonyl (C=O) groups excluding carboxylic acids is 2. The molecule has 0 aliphatic carbocycles.